The second-order valence-corrected chi connectivity index (χ2v) is 10.3. The zero-order valence-electron chi connectivity index (χ0n) is 21.0. The Kier molecular flexibility index (Phi) is 7.73. The lowest BCUT2D eigenvalue weighted by Crippen LogP contribution is -2.58. The van der Waals surface area contributed by atoms with Crippen LogP contribution in [-0.4, -0.2) is 73.2 Å². The van der Waals surface area contributed by atoms with Crippen LogP contribution in [0, 0.1) is 0 Å². The van der Waals surface area contributed by atoms with Crippen molar-refractivity contribution in [1.29, 1.82) is 0 Å². The highest BCUT2D eigenvalue weighted by molar-refractivity contribution is 5.96. The van der Waals surface area contributed by atoms with Crippen molar-refractivity contribution in [3.05, 3.63) is 59.7 Å². The van der Waals surface area contributed by atoms with E-state index in [2.05, 4.69) is 10.2 Å². The van der Waals surface area contributed by atoms with E-state index in [1.165, 1.54) is 0 Å². The Labute approximate surface area is 211 Å². The first-order chi connectivity index (χ1) is 17.1. The molecule has 3 N–H and O–H groups in total. The van der Waals surface area contributed by atoms with E-state index in [0.717, 1.165) is 17.8 Å². The molecule has 192 valence electrons. The Balaban J connectivity index is 1.28. The van der Waals surface area contributed by atoms with Crippen LogP contribution < -0.4 is 16.0 Å². The van der Waals surface area contributed by atoms with E-state index < -0.39 is 17.6 Å². The van der Waals surface area contributed by atoms with Crippen LogP contribution in [0.15, 0.2) is 48.5 Å². The van der Waals surface area contributed by atoms with Crippen LogP contribution in [0.25, 0.3) is 0 Å². The lowest BCUT2D eigenvalue weighted by molar-refractivity contribution is -0.127. The highest BCUT2D eigenvalue weighted by atomic mass is 16.6. The zero-order valence-corrected chi connectivity index (χ0v) is 21.0. The summed E-state index contributed by atoms with van der Waals surface area (Å²) in [7, 11) is 0. The highest BCUT2D eigenvalue weighted by Crippen LogP contribution is 2.21. The maximum Gasteiger partial charge on any atom is 0.338 e. The third-order valence-electron chi connectivity index (χ3n) is 6.21. The summed E-state index contributed by atoms with van der Waals surface area (Å²) in [6.07, 6.45) is 0.353. The van der Waals surface area contributed by atoms with Gasteiger partial charge >= 0.3 is 5.97 Å². The Morgan fingerprint density at radius 1 is 1.08 bits per heavy atom. The van der Waals surface area contributed by atoms with E-state index in [-0.39, 0.29) is 11.8 Å². The molecule has 4 rings (SSSR count). The van der Waals surface area contributed by atoms with E-state index in [1.54, 1.807) is 49.9 Å². The van der Waals surface area contributed by atoms with Crippen molar-refractivity contribution in [2.75, 3.05) is 43.1 Å². The molecule has 0 aromatic heterocycles. The van der Waals surface area contributed by atoms with Gasteiger partial charge in [0.2, 0.25) is 11.8 Å². The third-order valence-corrected chi connectivity index (χ3v) is 6.21. The van der Waals surface area contributed by atoms with Gasteiger partial charge in [0.15, 0.2) is 0 Å². The Morgan fingerprint density at radius 2 is 1.75 bits per heavy atom. The number of nitrogens with two attached hydrogens (primary N) is 1. The number of anilines is 2. The molecule has 2 aliphatic rings. The number of hydrogen-bond acceptors (Lipinski definition) is 7. The molecule has 0 saturated carbocycles. The van der Waals surface area contributed by atoms with Crippen molar-refractivity contribution in [3.63, 3.8) is 0 Å². The molecule has 2 aromatic rings. The fourth-order valence-electron chi connectivity index (χ4n) is 4.13. The first-order valence-electron chi connectivity index (χ1n) is 12.2. The van der Waals surface area contributed by atoms with Gasteiger partial charge in [-0.05, 0) is 69.2 Å². The van der Waals surface area contributed by atoms with Crippen LogP contribution in [0.1, 0.15) is 36.7 Å². The predicted octanol–water partition coefficient (Wildman–Crippen LogP) is 2.20. The van der Waals surface area contributed by atoms with Crippen LogP contribution >= 0.6 is 0 Å². The Bertz CT molecular complexity index is 1090. The molecular weight excluding hydrogens is 460 g/mol. The number of nitrogens with one attached hydrogen (secondary N) is 1. The van der Waals surface area contributed by atoms with Crippen molar-refractivity contribution >= 4 is 29.2 Å². The molecule has 2 aliphatic heterocycles. The van der Waals surface area contributed by atoms with Gasteiger partial charge < -0.3 is 25.4 Å². The summed E-state index contributed by atoms with van der Waals surface area (Å²) in [5.74, 6) is -0.665. The minimum Gasteiger partial charge on any atom is -0.456 e. The van der Waals surface area contributed by atoms with E-state index in [1.807, 2.05) is 24.3 Å². The second-order valence-electron chi connectivity index (χ2n) is 10.3. The molecule has 0 radical (unpaired) electrons. The lowest BCUT2D eigenvalue weighted by Gasteiger charge is -2.42. The molecule has 1 atom stereocenters. The number of rotatable bonds is 7. The maximum atomic E-state index is 12.6. The molecule has 9 heteroatoms. The fraction of sp³-hybridized carbons (Fsp3) is 0.444. The van der Waals surface area contributed by atoms with Gasteiger partial charge in [0.25, 0.3) is 0 Å². The lowest BCUT2D eigenvalue weighted by atomic mass is 10.0. The van der Waals surface area contributed by atoms with Crippen LogP contribution in [0.5, 0.6) is 0 Å². The van der Waals surface area contributed by atoms with E-state index >= 15 is 0 Å². The van der Waals surface area contributed by atoms with Gasteiger partial charge in [-0.3, -0.25) is 14.5 Å². The molecule has 2 fully saturated rings. The number of carbonyl (C=O) groups is 3. The Morgan fingerprint density at radius 3 is 2.31 bits per heavy atom. The summed E-state index contributed by atoms with van der Waals surface area (Å²) >= 11 is 0. The monoisotopic (exact) mass is 494 g/mol. The number of esters is 1. The molecule has 2 amide bonds. The molecular formula is C27H34N4O5. The number of amides is 2. The van der Waals surface area contributed by atoms with E-state index in [4.69, 9.17) is 15.2 Å². The van der Waals surface area contributed by atoms with E-state index in [0.29, 0.717) is 50.0 Å². The minimum atomic E-state index is -0.753. The highest BCUT2D eigenvalue weighted by Gasteiger charge is 2.33. The predicted molar refractivity (Wildman–Crippen MR) is 137 cm³/mol. The molecule has 2 heterocycles. The van der Waals surface area contributed by atoms with Crippen molar-refractivity contribution in [2.24, 2.45) is 5.73 Å². The van der Waals surface area contributed by atoms with Gasteiger partial charge in [-0.25, -0.2) is 4.79 Å². The topological polar surface area (TPSA) is 114 Å². The van der Waals surface area contributed by atoms with E-state index in [9.17, 15) is 14.4 Å². The summed E-state index contributed by atoms with van der Waals surface area (Å²) in [6.45, 7) is 8.69. The Hall–Kier alpha value is -3.27. The van der Waals surface area contributed by atoms with Gasteiger partial charge in [-0.2, -0.15) is 0 Å². The molecule has 2 saturated heterocycles. The van der Waals surface area contributed by atoms with Crippen molar-refractivity contribution in [2.45, 2.75) is 44.9 Å². The zero-order chi connectivity index (χ0) is 25.9. The molecule has 0 spiro atoms. The number of carbonyl (C=O) groups excluding carboxylic acids is 3. The molecule has 0 unspecified atom stereocenters. The summed E-state index contributed by atoms with van der Waals surface area (Å²) in [6, 6.07) is 13.7. The minimum absolute atomic E-state index is 0.0784. The number of benzene rings is 2. The first kappa shape index (κ1) is 25.8. The van der Waals surface area contributed by atoms with Gasteiger partial charge in [-0.1, -0.05) is 12.1 Å². The van der Waals surface area contributed by atoms with Crippen molar-refractivity contribution in [1.82, 2.24) is 4.90 Å². The summed E-state index contributed by atoms with van der Waals surface area (Å²) in [5, 5.41) is 2.79. The number of piperazine rings is 1. The van der Waals surface area contributed by atoms with Gasteiger partial charge in [0, 0.05) is 24.5 Å². The van der Waals surface area contributed by atoms with Crippen LogP contribution in [0.4, 0.5) is 11.4 Å². The first-order valence-corrected chi connectivity index (χ1v) is 12.2. The normalized spacial score (nSPS) is 17.9. The van der Waals surface area contributed by atoms with Gasteiger partial charge in [0.05, 0.1) is 37.4 Å². The fourth-order valence-corrected chi connectivity index (χ4v) is 4.13. The second kappa shape index (κ2) is 10.8. The van der Waals surface area contributed by atoms with Crippen LogP contribution in [-0.2, 0) is 25.5 Å². The quantitative estimate of drug-likeness (QED) is 0.567. The number of ether oxygens (including phenoxy) is 2. The van der Waals surface area contributed by atoms with Crippen molar-refractivity contribution in [3.8, 4) is 0 Å². The molecule has 9 nitrogen and oxygen atoms in total. The molecule has 2 aromatic carbocycles. The maximum absolute atomic E-state index is 12.6. The van der Waals surface area contributed by atoms with Crippen LogP contribution in [0.3, 0.4) is 0 Å². The SMILES string of the molecule is CC(C)(C)OC(=O)c1ccc(NC(=O)[C@@H](N)Cc2ccc(N3CCN(C4COC4)CC3=O)cc2)cc1. The smallest absolute Gasteiger partial charge is 0.338 e. The molecule has 0 bridgehead atoms. The largest absolute Gasteiger partial charge is 0.456 e. The number of hydrogen-bond donors (Lipinski definition) is 2. The van der Waals surface area contributed by atoms with Crippen LogP contribution in [0.2, 0.25) is 0 Å². The average Bonchev–Trinajstić information content (AvgIpc) is 2.78. The average molecular weight is 495 g/mol. The van der Waals surface area contributed by atoms with Gasteiger partial charge in [0.1, 0.15) is 5.60 Å². The summed E-state index contributed by atoms with van der Waals surface area (Å²) in [5.41, 5.74) is 8.26. The number of nitrogens with zero attached hydrogens (tertiary/aromatic N) is 2. The summed E-state index contributed by atoms with van der Waals surface area (Å²) in [4.78, 5) is 41.4. The molecule has 0 aliphatic carbocycles. The third kappa shape index (κ3) is 6.48. The summed E-state index contributed by atoms with van der Waals surface area (Å²) < 4.78 is 10.6. The molecule has 36 heavy (non-hydrogen) atoms. The van der Waals surface area contributed by atoms with Crippen molar-refractivity contribution < 1.29 is 23.9 Å². The van der Waals surface area contributed by atoms with Gasteiger partial charge in [-0.15, -0.1) is 0 Å². The standard InChI is InChI=1S/C27H34N4O5/c1-27(2,3)36-26(34)19-6-8-20(9-7-19)29-25(33)23(28)14-18-4-10-21(11-5-18)31-13-12-30(15-24(31)32)22-16-35-17-22/h4-11,22-23H,12-17,28H2,1-3H3,(H,29,33)/t23-/m0/s1.